The van der Waals surface area contributed by atoms with E-state index in [9.17, 15) is 9.18 Å². The van der Waals surface area contributed by atoms with Gasteiger partial charge in [0.2, 0.25) is 0 Å². The zero-order valence-corrected chi connectivity index (χ0v) is 14.6. The van der Waals surface area contributed by atoms with E-state index in [2.05, 4.69) is 14.6 Å². The second-order valence-corrected chi connectivity index (χ2v) is 7.11. The number of hydrogen-bond donors (Lipinski definition) is 0. The second kappa shape index (κ2) is 6.29. The molecule has 0 saturated heterocycles. The van der Waals surface area contributed by atoms with Crippen molar-refractivity contribution < 1.29 is 13.6 Å². The molecule has 5 rings (SSSR count). The third-order valence-electron chi connectivity index (χ3n) is 5.23. The highest BCUT2D eigenvalue weighted by atomic mass is 19.1. The van der Waals surface area contributed by atoms with Gasteiger partial charge in [0.25, 0.3) is 5.91 Å². The van der Waals surface area contributed by atoms with Crippen LogP contribution in [0.15, 0.2) is 35.5 Å². The third kappa shape index (κ3) is 2.90. The zero-order chi connectivity index (χ0) is 18.4. The molecular weight excluding hydrogens is 349 g/mol. The van der Waals surface area contributed by atoms with E-state index in [1.165, 1.54) is 31.5 Å². The van der Waals surface area contributed by atoms with Gasteiger partial charge < -0.3 is 9.32 Å². The van der Waals surface area contributed by atoms with Gasteiger partial charge in [0.05, 0.1) is 18.3 Å². The van der Waals surface area contributed by atoms with Crippen LogP contribution in [0.1, 0.15) is 34.5 Å². The highest BCUT2D eigenvalue weighted by Crippen LogP contribution is 2.35. The molecule has 1 aliphatic carbocycles. The number of carbonyl (C=O) groups excluding carboxylic acids is 1. The van der Waals surface area contributed by atoms with Crippen molar-refractivity contribution >= 4 is 5.91 Å². The van der Waals surface area contributed by atoms with Crippen LogP contribution in [0.25, 0.3) is 11.4 Å². The lowest BCUT2D eigenvalue weighted by Crippen LogP contribution is -2.37. The van der Waals surface area contributed by atoms with Gasteiger partial charge in [0, 0.05) is 37.0 Å². The van der Waals surface area contributed by atoms with Gasteiger partial charge in [-0.2, -0.15) is 5.10 Å². The molecule has 3 aromatic rings. The number of aromatic nitrogens is 4. The van der Waals surface area contributed by atoms with Crippen molar-refractivity contribution in [1.82, 2.24) is 24.6 Å². The topological polar surface area (TPSA) is 77.1 Å². The summed E-state index contributed by atoms with van der Waals surface area (Å²) in [6, 6.07) is 1.42. The van der Waals surface area contributed by atoms with Crippen LogP contribution in [0.5, 0.6) is 0 Å². The normalized spacial score (nSPS) is 16.4. The van der Waals surface area contributed by atoms with E-state index in [0.29, 0.717) is 31.1 Å². The van der Waals surface area contributed by atoms with Gasteiger partial charge in [-0.1, -0.05) is 0 Å². The summed E-state index contributed by atoms with van der Waals surface area (Å²) < 4.78 is 21.2. The van der Waals surface area contributed by atoms with Gasteiger partial charge in [0.15, 0.2) is 12.2 Å². The first-order chi connectivity index (χ1) is 13.2. The summed E-state index contributed by atoms with van der Waals surface area (Å²) >= 11 is 0. The maximum atomic E-state index is 14.0. The van der Waals surface area contributed by atoms with E-state index in [1.807, 2.05) is 0 Å². The molecule has 138 valence electrons. The monoisotopic (exact) mass is 367 g/mol. The molecular formula is C19H18FN5O2. The van der Waals surface area contributed by atoms with Crippen molar-refractivity contribution in [2.24, 2.45) is 5.92 Å². The van der Waals surface area contributed by atoms with Crippen LogP contribution in [0.3, 0.4) is 0 Å². The lowest BCUT2D eigenvalue weighted by atomic mass is 10.0. The predicted octanol–water partition coefficient (Wildman–Crippen LogP) is 2.68. The summed E-state index contributed by atoms with van der Waals surface area (Å²) in [5, 5.41) is 4.77. The summed E-state index contributed by atoms with van der Waals surface area (Å²) in [6.07, 6.45) is 8.59. The molecule has 1 aliphatic heterocycles. The fraction of sp³-hybridized carbons (Fsp3) is 0.368. The number of hydrogen-bond acceptors (Lipinski definition) is 5. The molecule has 7 nitrogen and oxygen atoms in total. The molecule has 1 amide bonds. The number of rotatable bonds is 4. The Morgan fingerprint density at radius 3 is 3.00 bits per heavy atom. The van der Waals surface area contributed by atoms with Gasteiger partial charge in [-0.25, -0.2) is 9.37 Å². The summed E-state index contributed by atoms with van der Waals surface area (Å²) in [4.78, 5) is 22.4. The summed E-state index contributed by atoms with van der Waals surface area (Å²) in [6.45, 7) is 1.80. The fourth-order valence-electron chi connectivity index (χ4n) is 3.61. The summed E-state index contributed by atoms with van der Waals surface area (Å²) in [5.41, 5.74) is 3.55. The van der Waals surface area contributed by atoms with E-state index < -0.39 is 5.82 Å². The van der Waals surface area contributed by atoms with E-state index >= 15 is 0 Å². The van der Waals surface area contributed by atoms with Crippen molar-refractivity contribution in [3.05, 3.63) is 53.8 Å². The van der Waals surface area contributed by atoms with Crippen molar-refractivity contribution in [3.8, 4) is 11.4 Å². The predicted molar refractivity (Wildman–Crippen MR) is 93.1 cm³/mol. The van der Waals surface area contributed by atoms with E-state index in [0.717, 1.165) is 29.7 Å². The third-order valence-corrected chi connectivity index (χ3v) is 5.23. The highest BCUT2D eigenvalue weighted by Gasteiger charge is 2.32. The SMILES string of the molecule is O=C(c1ccncc1F)N1CCc2c(c(-c3cocn3)nn2CC2CC2)C1. The van der Waals surface area contributed by atoms with Crippen LogP contribution >= 0.6 is 0 Å². The van der Waals surface area contributed by atoms with E-state index in [1.54, 1.807) is 11.2 Å². The molecule has 0 radical (unpaired) electrons. The number of fused-ring (bicyclic) bond motifs is 1. The molecule has 27 heavy (non-hydrogen) atoms. The van der Waals surface area contributed by atoms with Crippen LogP contribution in [-0.4, -0.2) is 37.1 Å². The van der Waals surface area contributed by atoms with Gasteiger partial charge in [-0.05, 0) is 24.8 Å². The Morgan fingerprint density at radius 2 is 2.26 bits per heavy atom. The molecule has 0 bridgehead atoms. The summed E-state index contributed by atoms with van der Waals surface area (Å²) in [5.74, 6) is -0.249. The van der Waals surface area contributed by atoms with Crippen LogP contribution in [0, 0.1) is 11.7 Å². The summed E-state index contributed by atoms with van der Waals surface area (Å²) in [7, 11) is 0. The number of carbonyl (C=O) groups is 1. The first-order valence-corrected chi connectivity index (χ1v) is 9.06. The van der Waals surface area contributed by atoms with Crippen LogP contribution in [0.4, 0.5) is 4.39 Å². The Kier molecular flexibility index (Phi) is 3.77. The van der Waals surface area contributed by atoms with Gasteiger partial charge in [-0.15, -0.1) is 0 Å². The molecule has 4 heterocycles. The molecule has 0 spiro atoms. The molecule has 0 unspecified atom stereocenters. The van der Waals surface area contributed by atoms with E-state index in [-0.39, 0.29) is 11.5 Å². The number of halogens is 1. The maximum absolute atomic E-state index is 14.0. The van der Waals surface area contributed by atoms with Gasteiger partial charge in [0.1, 0.15) is 17.7 Å². The molecule has 1 fully saturated rings. The lowest BCUT2D eigenvalue weighted by molar-refractivity contribution is 0.0728. The van der Waals surface area contributed by atoms with Crippen LogP contribution < -0.4 is 0 Å². The Morgan fingerprint density at radius 1 is 1.37 bits per heavy atom. The van der Waals surface area contributed by atoms with E-state index in [4.69, 9.17) is 9.52 Å². The Bertz CT molecular complexity index is 994. The molecule has 0 aromatic carbocycles. The molecule has 3 aromatic heterocycles. The van der Waals surface area contributed by atoms with Crippen LogP contribution in [-0.2, 0) is 19.5 Å². The van der Waals surface area contributed by atoms with Crippen molar-refractivity contribution in [3.63, 3.8) is 0 Å². The number of pyridine rings is 1. The van der Waals surface area contributed by atoms with Crippen molar-refractivity contribution in [1.29, 1.82) is 0 Å². The molecule has 0 N–H and O–H groups in total. The number of oxazole rings is 1. The first kappa shape index (κ1) is 16.2. The Balaban J connectivity index is 1.50. The van der Waals surface area contributed by atoms with Crippen molar-refractivity contribution in [2.45, 2.75) is 32.4 Å². The average molecular weight is 367 g/mol. The minimum absolute atomic E-state index is 0.0433. The van der Waals surface area contributed by atoms with Gasteiger partial charge >= 0.3 is 0 Å². The largest absolute Gasteiger partial charge is 0.451 e. The Hall–Kier alpha value is -3.03. The standard InChI is InChI=1S/C19H18FN5O2/c20-15-7-21-5-3-13(15)19(26)24-6-4-17-14(9-24)18(16-10-27-11-22-16)23-25(17)8-12-1-2-12/h3,5,7,10-12H,1-2,4,6,8-9H2. The molecule has 0 atom stereocenters. The second-order valence-electron chi connectivity index (χ2n) is 7.11. The first-order valence-electron chi connectivity index (χ1n) is 9.06. The lowest BCUT2D eigenvalue weighted by Gasteiger charge is -2.28. The van der Waals surface area contributed by atoms with Crippen molar-refractivity contribution in [2.75, 3.05) is 6.54 Å². The molecule has 1 saturated carbocycles. The maximum Gasteiger partial charge on any atom is 0.257 e. The minimum Gasteiger partial charge on any atom is -0.451 e. The fourth-order valence-corrected chi connectivity index (χ4v) is 3.61. The van der Waals surface area contributed by atoms with Gasteiger partial charge in [-0.3, -0.25) is 14.5 Å². The average Bonchev–Trinajstić information content (AvgIpc) is 3.20. The number of amides is 1. The molecule has 2 aliphatic rings. The smallest absolute Gasteiger partial charge is 0.257 e. The Labute approximate surface area is 154 Å². The number of nitrogens with zero attached hydrogens (tertiary/aromatic N) is 5. The molecule has 8 heteroatoms. The van der Waals surface area contributed by atoms with Crippen LogP contribution in [0.2, 0.25) is 0 Å². The highest BCUT2D eigenvalue weighted by molar-refractivity contribution is 5.94. The minimum atomic E-state index is -0.602. The zero-order valence-electron chi connectivity index (χ0n) is 14.6. The quantitative estimate of drug-likeness (QED) is 0.709.